The molecule has 19 heavy (non-hydrogen) atoms. The first-order valence-electron chi connectivity index (χ1n) is 6.12. The summed E-state index contributed by atoms with van der Waals surface area (Å²) in [6.45, 7) is 2.04. The molecule has 0 radical (unpaired) electrons. The normalized spacial score (nSPS) is 11.2. The Morgan fingerprint density at radius 2 is 2.00 bits per heavy atom. The molecule has 4 nitrogen and oxygen atoms in total. The number of fused-ring (bicyclic) bond motifs is 1. The maximum absolute atomic E-state index is 4.24. The fourth-order valence-electron chi connectivity index (χ4n) is 2.06. The van der Waals surface area contributed by atoms with E-state index in [0.717, 1.165) is 22.6 Å². The number of aromatic amines is 1. The van der Waals surface area contributed by atoms with Gasteiger partial charge in [0.25, 0.3) is 0 Å². The molecule has 2 aromatic heterocycles. The van der Waals surface area contributed by atoms with E-state index in [-0.39, 0.29) is 0 Å². The molecule has 2 N–H and O–H groups in total. The lowest BCUT2D eigenvalue weighted by molar-refractivity contribution is 1.23. The van der Waals surface area contributed by atoms with Crippen molar-refractivity contribution in [2.45, 2.75) is 6.92 Å². The van der Waals surface area contributed by atoms with Crippen LogP contribution in [0, 0.1) is 6.92 Å². The zero-order valence-corrected chi connectivity index (χ0v) is 10.6. The Morgan fingerprint density at radius 3 is 2.84 bits per heavy atom. The number of nitrogens with zero attached hydrogens (tertiary/aromatic N) is 2. The summed E-state index contributed by atoms with van der Waals surface area (Å²) in [6, 6.07) is 13.9. The van der Waals surface area contributed by atoms with Crippen LogP contribution in [0.25, 0.3) is 10.9 Å². The number of hydrazone groups is 1. The summed E-state index contributed by atoms with van der Waals surface area (Å²) in [5, 5.41) is 5.41. The van der Waals surface area contributed by atoms with Crippen LogP contribution in [0.1, 0.15) is 11.3 Å². The third-order valence-corrected chi connectivity index (χ3v) is 2.98. The second kappa shape index (κ2) is 4.94. The van der Waals surface area contributed by atoms with Gasteiger partial charge in [-0.25, -0.2) is 4.98 Å². The largest absolute Gasteiger partial charge is 0.358 e. The van der Waals surface area contributed by atoms with Gasteiger partial charge in [0.2, 0.25) is 0 Å². The molecule has 94 valence electrons. The van der Waals surface area contributed by atoms with Crippen LogP contribution >= 0.6 is 0 Å². The summed E-state index contributed by atoms with van der Waals surface area (Å²) in [6.07, 6.45) is 3.55. The molecule has 3 aromatic rings. The van der Waals surface area contributed by atoms with E-state index < -0.39 is 0 Å². The van der Waals surface area contributed by atoms with Crippen molar-refractivity contribution in [3.63, 3.8) is 0 Å². The number of rotatable bonds is 3. The van der Waals surface area contributed by atoms with Gasteiger partial charge in [-0.2, -0.15) is 5.10 Å². The molecule has 0 aliphatic rings. The molecule has 0 fully saturated rings. The standard InChI is InChI=1S/C15H14N4/c1-11-13(12-6-2-3-7-14(12)18-11)10-17-19-15-8-4-5-9-16-15/h2-10,18H,1H3,(H,16,19). The van der Waals surface area contributed by atoms with Crippen LogP contribution in [-0.4, -0.2) is 16.2 Å². The lowest BCUT2D eigenvalue weighted by Crippen LogP contribution is -1.93. The molecule has 0 atom stereocenters. The molecule has 0 bridgehead atoms. The third kappa shape index (κ3) is 2.33. The van der Waals surface area contributed by atoms with Crippen molar-refractivity contribution in [1.29, 1.82) is 0 Å². The van der Waals surface area contributed by atoms with Crippen molar-refractivity contribution in [3.05, 3.63) is 59.9 Å². The first-order valence-corrected chi connectivity index (χ1v) is 6.12. The van der Waals surface area contributed by atoms with Gasteiger partial charge in [-0.05, 0) is 25.1 Å². The van der Waals surface area contributed by atoms with Crippen molar-refractivity contribution < 1.29 is 0 Å². The second-order valence-electron chi connectivity index (χ2n) is 4.29. The fraction of sp³-hybridized carbons (Fsp3) is 0.0667. The minimum atomic E-state index is 0.733. The van der Waals surface area contributed by atoms with Crippen molar-refractivity contribution in [2.24, 2.45) is 5.10 Å². The summed E-state index contributed by atoms with van der Waals surface area (Å²) < 4.78 is 0. The van der Waals surface area contributed by atoms with Crippen LogP contribution in [0.4, 0.5) is 5.82 Å². The number of anilines is 1. The average Bonchev–Trinajstić information content (AvgIpc) is 2.76. The summed E-state index contributed by atoms with van der Waals surface area (Å²) in [5.74, 6) is 0.733. The van der Waals surface area contributed by atoms with Gasteiger partial charge >= 0.3 is 0 Å². The SMILES string of the molecule is Cc1[nH]c2ccccc2c1C=NNc1ccccn1. The van der Waals surface area contributed by atoms with Gasteiger partial charge in [-0.3, -0.25) is 5.43 Å². The lowest BCUT2D eigenvalue weighted by atomic mass is 10.1. The fourth-order valence-corrected chi connectivity index (χ4v) is 2.06. The number of aromatic nitrogens is 2. The predicted molar refractivity (Wildman–Crippen MR) is 78.5 cm³/mol. The van der Waals surface area contributed by atoms with Crippen LogP contribution in [0.3, 0.4) is 0 Å². The molecule has 0 saturated carbocycles. The molecule has 0 aliphatic heterocycles. The number of pyridine rings is 1. The van der Waals surface area contributed by atoms with Gasteiger partial charge in [0.05, 0.1) is 6.21 Å². The Balaban J connectivity index is 1.87. The van der Waals surface area contributed by atoms with Crippen LogP contribution in [0.5, 0.6) is 0 Å². The minimum absolute atomic E-state index is 0.733. The van der Waals surface area contributed by atoms with Crippen LogP contribution < -0.4 is 5.43 Å². The smallest absolute Gasteiger partial charge is 0.146 e. The molecule has 0 unspecified atom stereocenters. The van der Waals surface area contributed by atoms with Crippen molar-refractivity contribution in [3.8, 4) is 0 Å². The van der Waals surface area contributed by atoms with Gasteiger partial charge < -0.3 is 4.98 Å². The molecule has 3 rings (SSSR count). The molecule has 0 spiro atoms. The Morgan fingerprint density at radius 1 is 1.16 bits per heavy atom. The number of para-hydroxylation sites is 1. The number of nitrogens with one attached hydrogen (secondary N) is 2. The minimum Gasteiger partial charge on any atom is -0.358 e. The number of benzene rings is 1. The molecule has 4 heteroatoms. The summed E-state index contributed by atoms with van der Waals surface area (Å²) in [7, 11) is 0. The van der Waals surface area contributed by atoms with E-state index >= 15 is 0 Å². The summed E-state index contributed by atoms with van der Waals surface area (Å²) >= 11 is 0. The zero-order chi connectivity index (χ0) is 13.1. The number of hydrogen-bond donors (Lipinski definition) is 2. The number of H-pyrrole nitrogens is 1. The van der Waals surface area contributed by atoms with Gasteiger partial charge in [0, 0.05) is 28.4 Å². The van der Waals surface area contributed by atoms with E-state index in [4.69, 9.17) is 0 Å². The van der Waals surface area contributed by atoms with Crippen LogP contribution in [0.2, 0.25) is 0 Å². The third-order valence-electron chi connectivity index (χ3n) is 2.98. The molecule has 2 heterocycles. The molecular formula is C15H14N4. The first kappa shape index (κ1) is 11.5. The zero-order valence-electron chi connectivity index (χ0n) is 10.6. The second-order valence-corrected chi connectivity index (χ2v) is 4.29. The van der Waals surface area contributed by atoms with Crippen molar-refractivity contribution in [2.75, 3.05) is 5.43 Å². The number of hydrogen-bond acceptors (Lipinski definition) is 3. The average molecular weight is 250 g/mol. The molecule has 0 aliphatic carbocycles. The predicted octanol–water partition coefficient (Wildman–Crippen LogP) is 3.32. The quantitative estimate of drug-likeness (QED) is 0.553. The van der Waals surface area contributed by atoms with E-state index in [0.29, 0.717) is 0 Å². The Labute approximate surface area is 111 Å². The lowest BCUT2D eigenvalue weighted by Gasteiger charge is -1.97. The maximum atomic E-state index is 4.24. The number of aryl methyl sites for hydroxylation is 1. The molecule has 0 saturated heterocycles. The van der Waals surface area contributed by atoms with Crippen molar-refractivity contribution >= 4 is 22.9 Å². The van der Waals surface area contributed by atoms with Gasteiger partial charge in [-0.15, -0.1) is 0 Å². The monoisotopic (exact) mass is 250 g/mol. The van der Waals surface area contributed by atoms with E-state index in [1.165, 1.54) is 5.39 Å². The van der Waals surface area contributed by atoms with E-state index in [9.17, 15) is 0 Å². The highest BCUT2D eigenvalue weighted by Crippen LogP contribution is 2.19. The Kier molecular flexibility index (Phi) is 2.98. The van der Waals surface area contributed by atoms with E-state index in [1.807, 2.05) is 43.5 Å². The first-order chi connectivity index (χ1) is 9.34. The van der Waals surface area contributed by atoms with E-state index in [2.05, 4.69) is 32.6 Å². The summed E-state index contributed by atoms with van der Waals surface area (Å²) in [4.78, 5) is 7.49. The van der Waals surface area contributed by atoms with Crippen molar-refractivity contribution in [1.82, 2.24) is 9.97 Å². The highest BCUT2D eigenvalue weighted by molar-refractivity contribution is 6.00. The molecule has 1 aromatic carbocycles. The highest BCUT2D eigenvalue weighted by atomic mass is 15.3. The summed E-state index contributed by atoms with van der Waals surface area (Å²) in [5.41, 5.74) is 6.24. The molecular weight excluding hydrogens is 236 g/mol. The Hall–Kier alpha value is -2.62. The topological polar surface area (TPSA) is 53.1 Å². The van der Waals surface area contributed by atoms with Gasteiger partial charge in [-0.1, -0.05) is 24.3 Å². The molecule has 0 amide bonds. The maximum Gasteiger partial charge on any atom is 0.146 e. The highest BCUT2D eigenvalue weighted by Gasteiger charge is 2.04. The van der Waals surface area contributed by atoms with E-state index in [1.54, 1.807) is 6.20 Å². The Bertz CT molecular complexity index is 713. The van der Waals surface area contributed by atoms with Crippen LogP contribution in [-0.2, 0) is 0 Å². The van der Waals surface area contributed by atoms with Gasteiger partial charge in [0.1, 0.15) is 5.82 Å². The van der Waals surface area contributed by atoms with Gasteiger partial charge in [0.15, 0.2) is 0 Å². The van der Waals surface area contributed by atoms with Crippen LogP contribution in [0.15, 0.2) is 53.8 Å².